The average Bonchev–Trinajstić information content (AvgIpc) is 4.22. The third kappa shape index (κ3) is 12.3. The Bertz CT molecular complexity index is 1870. The number of hydrogen-bond donors (Lipinski definition) is 4. The second kappa shape index (κ2) is 22.4. The number of piperazine rings is 1. The maximum Gasteiger partial charge on any atom is 0.253 e. The van der Waals surface area contributed by atoms with E-state index < -0.39 is 17.9 Å². The zero-order chi connectivity index (χ0) is 43.3. The molecule has 2 saturated heterocycles. The van der Waals surface area contributed by atoms with Crippen LogP contribution in [0.25, 0.3) is 0 Å². The SMILES string of the molecule is CCCCCCCCCCCCCCNC(=O)C1CN(C(=O)c2ccc(C(=O)N3CC(C(=O)N[C@H]4C[C@@H]4c4ccccc4)C(C(=O)N[C@H]4C[C@@H]4c4ccccc4)C3)cc2)CCN1. The first kappa shape index (κ1) is 45.0. The lowest BCUT2D eigenvalue weighted by Gasteiger charge is -2.33. The maximum atomic E-state index is 14.0. The fraction of sp³-hybridized carbons (Fsp3) is 0.549. The van der Waals surface area contributed by atoms with Crippen LogP contribution in [-0.2, 0) is 14.4 Å². The molecule has 0 aromatic heterocycles. The molecular weight excluding hydrogens is 777 g/mol. The van der Waals surface area contributed by atoms with Gasteiger partial charge in [0.05, 0.1) is 11.8 Å². The van der Waals surface area contributed by atoms with E-state index >= 15 is 0 Å². The molecule has 2 aliphatic heterocycles. The van der Waals surface area contributed by atoms with E-state index in [1.165, 1.54) is 75.3 Å². The molecule has 3 unspecified atom stereocenters. The monoisotopic (exact) mass is 845 g/mol. The number of unbranched alkanes of at least 4 members (excludes halogenated alkanes) is 11. The molecular formula is C51H68N6O5. The number of nitrogens with zero attached hydrogens (tertiary/aromatic N) is 2. The second-order valence-electron chi connectivity index (χ2n) is 18.2. The van der Waals surface area contributed by atoms with Crippen molar-refractivity contribution in [2.75, 3.05) is 39.3 Å². The highest BCUT2D eigenvalue weighted by Gasteiger charge is 2.49. The summed E-state index contributed by atoms with van der Waals surface area (Å²) < 4.78 is 0. The minimum Gasteiger partial charge on any atom is -0.355 e. The molecule has 11 heteroatoms. The highest BCUT2D eigenvalue weighted by molar-refractivity contribution is 5.99. The molecule has 4 N–H and O–H groups in total. The largest absolute Gasteiger partial charge is 0.355 e. The summed E-state index contributed by atoms with van der Waals surface area (Å²) in [5, 5.41) is 12.7. The molecule has 7 atom stereocenters. The molecule has 2 heterocycles. The summed E-state index contributed by atoms with van der Waals surface area (Å²) in [5.41, 5.74) is 3.18. The Morgan fingerprint density at radius 1 is 0.548 bits per heavy atom. The molecule has 0 bridgehead atoms. The van der Waals surface area contributed by atoms with Crippen molar-refractivity contribution < 1.29 is 24.0 Å². The first-order valence-corrected chi connectivity index (χ1v) is 23.7. The van der Waals surface area contributed by atoms with Gasteiger partial charge in [-0.15, -0.1) is 0 Å². The molecule has 7 rings (SSSR count). The van der Waals surface area contributed by atoms with Crippen LogP contribution >= 0.6 is 0 Å². The minimum atomic E-state index is -0.687. The van der Waals surface area contributed by atoms with Crippen LogP contribution in [0.2, 0.25) is 0 Å². The third-order valence-electron chi connectivity index (χ3n) is 13.5. The summed E-state index contributed by atoms with van der Waals surface area (Å²) in [6, 6.07) is 26.3. The fourth-order valence-electron chi connectivity index (χ4n) is 9.46. The lowest BCUT2D eigenvalue weighted by molar-refractivity contribution is -0.133. The molecule has 3 aromatic rings. The summed E-state index contributed by atoms with van der Waals surface area (Å²) in [5.74, 6) is -1.86. The van der Waals surface area contributed by atoms with Gasteiger partial charge in [-0.2, -0.15) is 0 Å². The zero-order valence-electron chi connectivity index (χ0n) is 36.7. The highest BCUT2D eigenvalue weighted by atomic mass is 16.2. The first-order valence-electron chi connectivity index (χ1n) is 23.7. The molecule has 0 spiro atoms. The number of rotatable bonds is 22. The van der Waals surface area contributed by atoms with E-state index in [2.05, 4.69) is 52.5 Å². The van der Waals surface area contributed by atoms with Gasteiger partial charge in [-0.25, -0.2) is 0 Å². The van der Waals surface area contributed by atoms with Gasteiger partial charge in [0.15, 0.2) is 0 Å². The number of amides is 5. The number of nitrogens with one attached hydrogen (secondary N) is 4. The number of hydrogen-bond acceptors (Lipinski definition) is 6. The quantitative estimate of drug-likeness (QED) is 0.0808. The van der Waals surface area contributed by atoms with Gasteiger partial charge in [0.25, 0.3) is 11.8 Å². The van der Waals surface area contributed by atoms with Gasteiger partial charge in [-0.05, 0) is 54.7 Å². The van der Waals surface area contributed by atoms with Gasteiger partial charge in [-0.1, -0.05) is 138 Å². The summed E-state index contributed by atoms with van der Waals surface area (Å²) in [4.78, 5) is 71.7. The van der Waals surface area contributed by atoms with Crippen LogP contribution < -0.4 is 21.3 Å². The Morgan fingerprint density at radius 2 is 1.00 bits per heavy atom. The van der Waals surface area contributed by atoms with Crippen molar-refractivity contribution >= 4 is 29.5 Å². The molecule has 4 aliphatic rings. The van der Waals surface area contributed by atoms with E-state index in [9.17, 15) is 24.0 Å². The van der Waals surface area contributed by atoms with Crippen molar-refractivity contribution in [1.29, 1.82) is 0 Å². The van der Waals surface area contributed by atoms with Crippen molar-refractivity contribution in [3.8, 4) is 0 Å². The lowest BCUT2D eigenvalue weighted by atomic mass is 9.94. The van der Waals surface area contributed by atoms with E-state index in [1.807, 2.05) is 36.4 Å². The molecule has 0 radical (unpaired) electrons. The Kier molecular flexibility index (Phi) is 16.2. The predicted octanol–water partition coefficient (Wildman–Crippen LogP) is 6.95. The highest BCUT2D eigenvalue weighted by Crippen LogP contribution is 2.42. The number of likely N-dealkylation sites (tertiary alicyclic amines) is 1. The van der Waals surface area contributed by atoms with Crippen LogP contribution in [0, 0.1) is 11.8 Å². The van der Waals surface area contributed by atoms with Crippen LogP contribution in [0.3, 0.4) is 0 Å². The van der Waals surface area contributed by atoms with E-state index in [0.29, 0.717) is 30.8 Å². The molecule has 332 valence electrons. The molecule has 11 nitrogen and oxygen atoms in total. The van der Waals surface area contributed by atoms with Crippen LogP contribution in [-0.4, -0.2) is 96.7 Å². The van der Waals surface area contributed by atoms with Gasteiger partial charge in [0.2, 0.25) is 17.7 Å². The fourth-order valence-corrected chi connectivity index (χ4v) is 9.46. The van der Waals surface area contributed by atoms with E-state index in [0.717, 1.165) is 25.7 Å². The van der Waals surface area contributed by atoms with Crippen LogP contribution in [0.4, 0.5) is 0 Å². The van der Waals surface area contributed by atoms with Crippen molar-refractivity contribution in [2.45, 2.75) is 127 Å². The Labute approximate surface area is 368 Å². The minimum absolute atomic E-state index is 0.00116. The second-order valence-corrected chi connectivity index (χ2v) is 18.2. The average molecular weight is 845 g/mol. The van der Waals surface area contributed by atoms with Crippen molar-refractivity contribution in [3.05, 3.63) is 107 Å². The van der Waals surface area contributed by atoms with Gasteiger partial charge in [-0.3, -0.25) is 24.0 Å². The molecule has 2 aliphatic carbocycles. The van der Waals surface area contributed by atoms with Gasteiger partial charge < -0.3 is 31.1 Å². The summed E-state index contributed by atoms with van der Waals surface area (Å²) >= 11 is 0. The summed E-state index contributed by atoms with van der Waals surface area (Å²) in [6.45, 7) is 4.40. The van der Waals surface area contributed by atoms with Crippen molar-refractivity contribution in [3.63, 3.8) is 0 Å². The van der Waals surface area contributed by atoms with Crippen LogP contribution in [0.1, 0.15) is 140 Å². The van der Waals surface area contributed by atoms with Gasteiger partial charge in [0.1, 0.15) is 6.04 Å². The number of carbonyl (C=O) groups is 5. The lowest BCUT2D eigenvalue weighted by Crippen LogP contribution is -2.58. The first-order chi connectivity index (χ1) is 30.3. The number of carbonyl (C=O) groups excluding carboxylic acids is 5. The van der Waals surface area contributed by atoms with Gasteiger partial charge >= 0.3 is 0 Å². The molecule has 4 fully saturated rings. The standard InChI is InChI=1S/C51H68N6O5/c1-2-3-4-5-6-7-8-9-10-11-12-19-28-53-49(60)46-35-56(30-29-52-46)50(61)38-24-26-39(27-25-38)51(62)57-33-42(47(58)54-44-31-40(44)36-20-15-13-16-21-36)43(34-57)48(59)55-45-32-41(45)37-22-17-14-18-23-37/h13-18,20-27,40-46,52H,2-12,19,28-35H2,1H3,(H,53,60)(H,54,58)(H,55,59)/t40-,41-,42?,43?,44+,45+,46?/m1/s1. The summed E-state index contributed by atoms with van der Waals surface area (Å²) in [6.07, 6.45) is 16.9. The molecule has 3 aromatic carbocycles. The molecule has 2 saturated carbocycles. The smallest absolute Gasteiger partial charge is 0.253 e. The van der Waals surface area contributed by atoms with Crippen LogP contribution in [0.15, 0.2) is 84.9 Å². The van der Waals surface area contributed by atoms with Crippen LogP contribution in [0.5, 0.6) is 0 Å². The molecule has 5 amide bonds. The normalized spacial score (nSPS) is 24.0. The topological polar surface area (TPSA) is 140 Å². The Hall–Kier alpha value is -5.03. The Morgan fingerprint density at radius 3 is 1.48 bits per heavy atom. The predicted molar refractivity (Wildman–Crippen MR) is 243 cm³/mol. The van der Waals surface area contributed by atoms with E-state index in [4.69, 9.17) is 0 Å². The van der Waals surface area contributed by atoms with E-state index in [-0.39, 0.29) is 73.1 Å². The Balaban J connectivity index is 0.875. The van der Waals surface area contributed by atoms with Crippen molar-refractivity contribution in [2.24, 2.45) is 11.8 Å². The van der Waals surface area contributed by atoms with Crippen molar-refractivity contribution in [1.82, 2.24) is 31.1 Å². The zero-order valence-corrected chi connectivity index (χ0v) is 36.7. The maximum absolute atomic E-state index is 14.0. The summed E-state index contributed by atoms with van der Waals surface area (Å²) in [7, 11) is 0. The van der Waals surface area contributed by atoms with E-state index in [1.54, 1.807) is 34.1 Å². The number of benzene rings is 3. The molecule has 62 heavy (non-hydrogen) atoms. The van der Waals surface area contributed by atoms with Gasteiger partial charge in [0, 0.05) is 74.3 Å². The third-order valence-corrected chi connectivity index (χ3v) is 13.5.